The van der Waals surface area contributed by atoms with Gasteiger partial charge < -0.3 is 10.6 Å². The Kier molecular flexibility index (Phi) is 4.74. The van der Waals surface area contributed by atoms with E-state index >= 15 is 0 Å². The van der Waals surface area contributed by atoms with Crippen molar-refractivity contribution in [1.29, 1.82) is 0 Å². The summed E-state index contributed by atoms with van der Waals surface area (Å²) >= 11 is 0. The summed E-state index contributed by atoms with van der Waals surface area (Å²) in [4.78, 5) is 2.52. The summed E-state index contributed by atoms with van der Waals surface area (Å²) in [6.07, 6.45) is 5.31. The fourth-order valence-corrected chi connectivity index (χ4v) is 2.15. The molecule has 0 radical (unpaired) electrons. The molecule has 0 amide bonds. The van der Waals surface area contributed by atoms with Crippen LogP contribution in [0.15, 0.2) is 0 Å². The van der Waals surface area contributed by atoms with Crippen LogP contribution in [-0.2, 0) is 0 Å². The monoisotopic (exact) mass is 184 g/mol. The molecule has 0 aromatic rings. The maximum atomic E-state index is 6.06. The van der Waals surface area contributed by atoms with E-state index in [-0.39, 0.29) is 0 Å². The first-order chi connectivity index (χ1) is 6.18. The minimum atomic E-state index is 0.387. The molecule has 0 saturated carbocycles. The zero-order chi connectivity index (χ0) is 9.68. The SMILES string of the molecule is CC(C)C[C@H](N)CN1CCCCC1. The summed E-state index contributed by atoms with van der Waals surface area (Å²) in [6.45, 7) is 8.14. The second-order valence-corrected chi connectivity index (χ2v) is 4.75. The van der Waals surface area contributed by atoms with Crippen molar-refractivity contribution in [2.45, 2.75) is 45.6 Å². The lowest BCUT2D eigenvalue weighted by Gasteiger charge is -2.29. The van der Waals surface area contributed by atoms with E-state index in [4.69, 9.17) is 5.73 Å². The Hall–Kier alpha value is -0.0800. The lowest BCUT2D eigenvalue weighted by atomic mass is 10.0. The first-order valence-corrected chi connectivity index (χ1v) is 5.66. The molecule has 13 heavy (non-hydrogen) atoms. The molecule has 0 aromatic heterocycles. The molecule has 0 unspecified atom stereocenters. The summed E-state index contributed by atoms with van der Waals surface area (Å²) in [5.74, 6) is 0.736. The number of piperidine rings is 1. The van der Waals surface area contributed by atoms with E-state index in [2.05, 4.69) is 18.7 Å². The Bertz CT molecular complexity index is 128. The lowest BCUT2D eigenvalue weighted by molar-refractivity contribution is 0.209. The van der Waals surface area contributed by atoms with Crippen LogP contribution in [0, 0.1) is 5.92 Å². The van der Waals surface area contributed by atoms with Crippen molar-refractivity contribution in [2.24, 2.45) is 11.7 Å². The van der Waals surface area contributed by atoms with E-state index in [1.165, 1.54) is 32.4 Å². The van der Waals surface area contributed by atoms with E-state index in [1.807, 2.05) is 0 Å². The van der Waals surface area contributed by atoms with Crippen molar-refractivity contribution in [3.05, 3.63) is 0 Å². The van der Waals surface area contributed by atoms with Crippen LogP contribution in [0.1, 0.15) is 39.5 Å². The van der Waals surface area contributed by atoms with Gasteiger partial charge in [-0.1, -0.05) is 20.3 Å². The van der Waals surface area contributed by atoms with Crippen LogP contribution in [0.2, 0.25) is 0 Å². The topological polar surface area (TPSA) is 29.3 Å². The Balaban J connectivity index is 2.14. The zero-order valence-electron chi connectivity index (χ0n) is 9.13. The highest BCUT2D eigenvalue weighted by atomic mass is 15.1. The molecule has 2 N–H and O–H groups in total. The summed E-state index contributed by atoms with van der Waals surface area (Å²) in [5, 5.41) is 0. The van der Waals surface area contributed by atoms with Crippen molar-refractivity contribution in [3.63, 3.8) is 0 Å². The van der Waals surface area contributed by atoms with Crippen LogP contribution in [0.4, 0.5) is 0 Å². The third kappa shape index (κ3) is 4.63. The number of rotatable bonds is 4. The van der Waals surface area contributed by atoms with Gasteiger partial charge in [-0.15, -0.1) is 0 Å². The molecule has 1 rings (SSSR count). The molecule has 0 aromatic carbocycles. The van der Waals surface area contributed by atoms with Gasteiger partial charge in [0.1, 0.15) is 0 Å². The van der Waals surface area contributed by atoms with Gasteiger partial charge in [0.15, 0.2) is 0 Å². The maximum absolute atomic E-state index is 6.06. The average Bonchev–Trinajstić information content (AvgIpc) is 2.04. The van der Waals surface area contributed by atoms with Crippen LogP contribution in [-0.4, -0.2) is 30.6 Å². The fourth-order valence-electron chi connectivity index (χ4n) is 2.15. The smallest absolute Gasteiger partial charge is 0.0170 e. The van der Waals surface area contributed by atoms with Crippen LogP contribution >= 0.6 is 0 Å². The number of likely N-dealkylation sites (tertiary alicyclic amines) is 1. The normalized spacial score (nSPS) is 22.2. The van der Waals surface area contributed by atoms with Crippen molar-refractivity contribution >= 4 is 0 Å². The second-order valence-electron chi connectivity index (χ2n) is 4.75. The minimum Gasteiger partial charge on any atom is -0.327 e. The van der Waals surface area contributed by atoms with Gasteiger partial charge in [0.2, 0.25) is 0 Å². The van der Waals surface area contributed by atoms with Crippen LogP contribution < -0.4 is 5.73 Å². The van der Waals surface area contributed by atoms with Gasteiger partial charge >= 0.3 is 0 Å². The highest BCUT2D eigenvalue weighted by molar-refractivity contribution is 4.72. The maximum Gasteiger partial charge on any atom is 0.0170 e. The lowest BCUT2D eigenvalue weighted by Crippen LogP contribution is -2.40. The highest BCUT2D eigenvalue weighted by Gasteiger charge is 2.14. The van der Waals surface area contributed by atoms with Gasteiger partial charge in [-0.2, -0.15) is 0 Å². The molecule has 1 heterocycles. The van der Waals surface area contributed by atoms with Gasteiger partial charge in [-0.3, -0.25) is 0 Å². The first-order valence-electron chi connectivity index (χ1n) is 5.66. The highest BCUT2D eigenvalue weighted by Crippen LogP contribution is 2.10. The molecular weight excluding hydrogens is 160 g/mol. The van der Waals surface area contributed by atoms with E-state index in [9.17, 15) is 0 Å². The third-order valence-electron chi connectivity index (χ3n) is 2.72. The molecule has 1 aliphatic heterocycles. The summed E-state index contributed by atoms with van der Waals surface area (Å²) in [5.41, 5.74) is 6.06. The predicted octanol–water partition coefficient (Wildman–Crippen LogP) is 1.85. The molecule has 1 aliphatic rings. The summed E-state index contributed by atoms with van der Waals surface area (Å²) in [6, 6.07) is 0.387. The van der Waals surface area contributed by atoms with E-state index in [1.54, 1.807) is 0 Å². The number of nitrogens with two attached hydrogens (primary N) is 1. The molecule has 1 saturated heterocycles. The second kappa shape index (κ2) is 5.61. The Morgan fingerprint density at radius 2 is 1.77 bits per heavy atom. The Morgan fingerprint density at radius 3 is 2.31 bits per heavy atom. The molecule has 2 heteroatoms. The number of hydrogen-bond acceptors (Lipinski definition) is 2. The standard InChI is InChI=1S/C11H24N2/c1-10(2)8-11(12)9-13-6-4-3-5-7-13/h10-11H,3-9,12H2,1-2H3/t11-/m0/s1. The minimum absolute atomic E-state index is 0.387. The zero-order valence-corrected chi connectivity index (χ0v) is 9.13. The molecule has 0 bridgehead atoms. The number of hydrogen-bond donors (Lipinski definition) is 1. The van der Waals surface area contributed by atoms with Crippen LogP contribution in [0.5, 0.6) is 0 Å². The number of nitrogens with zero attached hydrogens (tertiary/aromatic N) is 1. The van der Waals surface area contributed by atoms with Crippen LogP contribution in [0.3, 0.4) is 0 Å². The van der Waals surface area contributed by atoms with Crippen molar-refractivity contribution in [2.75, 3.05) is 19.6 Å². The molecular formula is C11H24N2. The largest absolute Gasteiger partial charge is 0.327 e. The molecule has 1 atom stereocenters. The third-order valence-corrected chi connectivity index (χ3v) is 2.72. The fraction of sp³-hybridized carbons (Fsp3) is 1.00. The Labute approximate surface area is 82.5 Å². The molecule has 2 nitrogen and oxygen atoms in total. The van der Waals surface area contributed by atoms with Gasteiger partial charge in [-0.05, 0) is 38.3 Å². The quantitative estimate of drug-likeness (QED) is 0.722. The van der Waals surface area contributed by atoms with E-state index < -0.39 is 0 Å². The molecule has 0 aliphatic carbocycles. The van der Waals surface area contributed by atoms with E-state index in [0.29, 0.717) is 6.04 Å². The van der Waals surface area contributed by atoms with Gasteiger partial charge in [0.05, 0.1) is 0 Å². The first kappa shape index (κ1) is 11.0. The van der Waals surface area contributed by atoms with Crippen molar-refractivity contribution in [1.82, 2.24) is 4.90 Å². The van der Waals surface area contributed by atoms with Gasteiger partial charge in [0.25, 0.3) is 0 Å². The molecule has 1 fully saturated rings. The summed E-state index contributed by atoms with van der Waals surface area (Å²) < 4.78 is 0. The predicted molar refractivity (Wildman–Crippen MR) is 57.7 cm³/mol. The molecule has 78 valence electrons. The molecule has 0 spiro atoms. The van der Waals surface area contributed by atoms with Crippen LogP contribution in [0.25, 0.3) is 0 Å². The Morgan fingerprint density at radius 1 is 1.15 bits per heavy atom. The summed E-state index contributed by atoms with van der Waals surface area (Å²) in [7, 11) is 0. The van der Waals surface area contributed by atoms with Gasteiger partial charge in [-0.25, -0.2) is 0 Å². The van der Waals surface area contributed by atoms with E-state index in [0.717, 1.165) is 18.9 Å². The van der Waals surface area contributed by atoms with Crippen molar-refractivity contribution in [3.8, 4) is 0 Å². The average molecular weight is 184 g/mol. The van der Waals surface area contributed by atoms with Crippen molar-refractivity contribution < 1.29 is 0 Å². The van der Waals surface area contributed by atoms with Gasteiger partial charge in [0, 0.05) is 12.6 Å².